The lowest BCUT2D eigenvalue weighted by Crippen LogP contribution is -2.37. The highest BCUT2D eigenvalue weighted by Crippen LogP contribution is 2.44. The maximum Gasteiger partial charge on any atom is 0.416 e. The third-order valence-electron chi connectivity index (χ3n) is 5.79. The number of hydrogen-bond donors (Lipinski definition) is 2. The fraction of sp³-hybridized carbons (Fsp3) is 0.250. The molecule has 13 heteroatoms. The average Bonchev–Trinajstić information content (AvgIpc) is 3.23. The normalized spacial score (nSPS) is 15.4. The zero-order chi connectivity index (χ0) is 26.9. The molecule has 3 aromatic rings. The highest BCUT2D eigenvalue weighted by Gasteiger charge is 2.40. The summed E-state index contributed by atoms with van der Waals surface area (Å²) in [6.45, 7) is 1.68. The molecule has 4 rings (SSSR count). The van der Waals surface area contributed by atoms with Crippen LogP contribution in [0.1, 0.15) is 29.7 Å². The van der Waals surface area contributed by atoms with Crippen LogP contribution < -0.4 is 15.3 Å². The molecule has 2 aromatic carbocycles. The minimum atomic E-state index is -4.65. The Balaban J connectivity index is 1.97. The number of rotatable bonds is 7. The second kappa shape index (κ2) is 9.82. The van der Waals surface area contributed by atoms with Gasteiger partial charge in [-0.3, -0.25) is 4.90 Å². The number of carbonyl (C=O) groups is 1. The third kappa shape index (κ3) is 4.66. The number of allylic oxidation sites excluding steroid dienone is 1. The fourth-order valence-corrected chi connectivity index (χ4v) is 4.17. The van der Waals surface area contributed by atoms with Gasteiger partial charge in [0.2, 0.25) is 5.95 Å². The summed E-state index contributed by atoms with van der Waals surface area (Å²) in [4.78, 5) is 26.7. The average molecular weight is 515 g/mol. The van der Waals surface area contributed by atoms with Gasteiger partial charge < -0.3 is 14.6 Å². The molecular weight excluding hydrogens is 495 g/mol. The molecule has 0 spiro atoms. The number of aromatic amines is 1. The lowest BCUT2D eigenvalue weighted by atomic mass is 9.93. The zero-order valence-corrected chi connectivity index (χ0v) is 19.5. The summed E-state index contributed by atoms with van der Waals surface area (Å²) in [6, 6.07) is 9.26. The number of aliphatic carboxylic acids is 1. The largest absolute Gasteiger partial charge is 0.491 e. The molecule has 0 unspecified atom stereocenters. The maximum absolute atomic E-state index is 13.4. The Bertz CT molecular complexity index is 1480. The Morgan fingerprint density at radius 2 is 2.00 bits per heavy atom. The van der Waals surface area contributed by atoms with Crippen LogP contribution >= 0.6 is 0 Å². The smallest absolute Gasteiger partial charge is 0.416 e. The van der Waals surface area contributed by atoms with E-state index in [-0.39, 0.29) is 53.0 Å². The van der Waals surface area contributed by atoms with Crippen molar-refractivity contribution in [2.75, 3.05) is 25.2 Å². The van der Waals surface area contributed by atoms with Crippen LogP contribution in [-0.4, -0.2) is 46.2 Å². The van der Waals surface area contributed by atoms with E-state index in [9.17, 15) is 33.1 Å². The molecule has 0 bridgehead atoms. The number of H-pyrrole nitrogens is 1. The SMILES string of the molecule is COCCOc1cc(C#N)ccc1[C@H]1C(C(=O)O)=C(C)N(c2cccc(C(F)(F)F)c2)c2n[nH]c(=O)n21. The van der Waals surface area contributed by atoms with Crippen LogP contribution in [0.4, 0.5) is 24.8 Å². The summed E-state index contributed by atoms with van der Waals surface area (Å²) in [5.41, 5.74) is -1.58. The molecule has 0 aliphatic carbocycles. The molecule has 192 valence electrons. The molecule has 0 fully saturated rings. The van der Waals surface area contributed by atoms with Crippen LogP contribution in [-0.2, 0) is 15.7 Å². The Hall–Kier alpha value is -4.57. The Kier molecular flexibility index (Phi) is 6.78. The standard InChI is InChI=1S/C24H20F3N5O5/c1-13-19(21(33)34)20(17-7-6-14(12-28)10-18(17)37-9-8-36-2)32-22(29-30-23(32)35)31(13)16-5-3-4-15(11-16)24(25,26)27/h3-7,10-11,20H,8-9H2,1-2H3,(H,30,35)(H,33,34)/t20-/m0/s1. The summed E-state index contributed by atoms with van der Waals surface area (Å²) < 4.78 is 52.0. The zero-order valence-electron chi connectivity index (χ0n) is 19.5. The minimum Gasteiger partial charge on any atom is -0.491 e. The van der Waals surface area contributed by atoms with Gasteiger partial charge in [0.1, 0.15) is 18.4 Å². The number of aromatic nitrogens is 3. The van der Waals surface area contributed by atoms with E-state index in [0.29, 0.717) is 0 Å². The van der Waals surface area contributed by atoms with Gasteiger partial charge in [-0.2, -0.15) is 18.4 Å². The Morgan fingerprint density at radius 3 is 2.65 bits per heavy atom. The molecule has 0 amide bonds. The predicted octanol–water partition coefficient (Wildman–Crippen LogP) is 3.59. The summed E-state index contributed by atoms with van der Waals surface area (Å²) in [5, 5.41) is 25.8. The number of anilines is 2. The quantitative estimate of drug-likeness (QED) is 0.456. The van der Waals surface area contributed by atoms with Crippen molar-refractivity contribution in [2.24, 2.45) is 0 Å². The van der Waals surface area contributed by atoms with Crippen LogP contribution in [0.15, 0.2) is 58.5 Å². The van der Waals surface area contributed by atoms with Crippen molar-refractivity contribution in [1.82, 2.24) is 14.8 Å². The van der Waals surface area contributed by atoms with E-state index >= 15 is 0 Å². The number of benzene rings is 2. The first-order chi connectivity index (χ1) is 17.6. The summed E-state index contributed by atoms with van der Waals surface area (Å²) in [5.74, 6) is -1.39. The van der Waals surface area contributed by atoms with Crippen LogP contribution in [0.5, 0.6) is 5.75 Å². The first kappa shape index (κ1) is 25.5. The Labute approximate surface area is 207 Å². The molecular formula is C24H20F3N5O5. The topological polar surface area (TPSA) is 133 Å². The lowest BCUT2D eigenvalue weighted by Gasteiger charge is -2.35. The molecule has 2 N–H and O–H groups in total. The van der Waals surface area contributed by atoms with Gasteiger partial charge in [0.25, 0.3) is 0 Å². The molecule has 1 aliphatic heterocycles. The van der Waals surface area contributed by atoms with Gasteiger partial charge in [-0.15, -0.1) is 5.10 Å². The van der Waals surface area contributed by atoms with Crippen LogP contribution in [0.3, 0.4) is 0 Å². The van der Waals surface area contributed by atoms with Gasteiger partial charge in [0, 0.05) is 24.1 Å². The number of ether oxygens (including phenoxy) is 2. The van der Waals surface area contributed by atoms with E-state index in [0.717, 1.165) is 16.7 Å². The molecule has 1 atom stereocenters. The number of nitrogens with zero attached hydrogens (tertiary/aromatic N) is 4. The highest BCUT2D eigenvalue weighted by atomic mass is 19.4. The van der Waals surface area contributed by atoms with Crippen molar-refractivity contribution in [3.05, 3.63) is 80.9 Å². The number of carboxylic acids is 1. The number of alkyl halides is 3. The van der Waals surface area contributed by atoms with Gasteiger partial charge in [0.05, 0.1) is 29.4 Å². The van der Waals surface area contributed by atoms with Crippen molar-refractivity contribution < 1.29 is 32.5 Å². The second-order valence-corrected chi connectivity index (χ2v) is 7.99. The first-order valence-electron chi connectivity index (χ1n) is 10.8. The molecule has 1 aliphatic rings. The molecule has 1 aromatic heterocycles. The van der Waals surface area contributed by atoms with Crippen molar-refractivity contribution in [3.8, 4) is 11.8 Å². The lowest BCUT2D eigenvalue weighted by molar-refractivity contribution is -0.137. The number of carboxylic acid groups (broad SMARTS) is 1. The number of hydrogen-bond acceptors (Lipinski definition) is 7. The van der Waals surface area contributed by atoms with Crippen LogP contribution in [0.25, 0.3) is 0 Å². The van der Waals surface area contributed by atoms with E-state index in [1.807, 2.05) is 6.07 Å². The number of halogens is 3. The van der Waals surface area contributed by atoms with Crippen LogP contribution in [0, 0.1) is 11.3 Å². The molecule has 0 saturated carbocycles. The number of nitriles is 1. The van der Waals surface area contributed by atoms with E-state index < -0.39 is 29.4 Å². The summed E-state index contributed by atoms with van der Waals surface area (Å²) in [7, 11) is 1.46. The summed E-state index contributed by atoms with van der Waals surface area (Å²) >= 11 is 0. The van der Waals surface area contributed by atoms with E-state index in [2.05, 4.69) is 10.2 Å². The molecule has 2 heterocycles. The fourth-order valence-electron chi connectivity index (χ4n) is 4.17. The Morgan fingerprint density at radius 1 is 1.24 bits per heavy atom. The molecule has 0 saturated heterocycles. The number of fused-ring (bicyclic) bond motifs is 1. The third-order valence-corrected chi connectivity index (χ3v) is 5.79. The minimum absolute atomic E-state index is 0.0375. The van der Waals surface area contributed by atoms with Crippen LogP contribution in [0.2, 0.25) is 0 Å². The number of methoxy groups -OCH3 is 1. The predicted molar refractivity (Wildman–Crippen MR) is 123 cm³/mol. The first-order valence-corrected chi connectivity index (χ1v) is 10.8. The summed E-state index contributed by atoms with van der Waals surface area (Å²) in [6.07, 6.45) is -4.65. The van der Waals surface area contributed by atoms with Crippen molar-refractivity contribution in [1.29, 1.82) is 5.26 Å². The number of nitrogens with one attached hydrogen (secondary N) is 1. The molecule has 10 nitrogen and oxygen atoms in total. The van der Waals surface area contributed by atoms with Gasteiger partial charge in [0.15, 0.2) is 0 Å². The van der Waals surface area contributed by atoms with Crippen molar-refractivity contribution in [3.63, 3.8) is 0 Å². The highest BCUT2D eigenvalue weighted by molar-refractivity contribution is 5.92. The van der Waals surface area contributed by atoms with E-state index in [4.69, 9.17) is 9.47 Å². The molecule has 37 heavy (non-hydrogen) atoms. The van der Waals surface area contributed by atoms with Gasteiger partial charge in [-0.05, 0) is 37.3 Å². The van der Waals surface area contributed by atoms with Gasteiger partial charge >= 0.3 is 17.8 Å². The monoisotopic (exact) mass is 515 g/mol. The van der Waals surface area contributed by atoms with E-state index in [1.165, 1.54) is 49.3 Å². The van der Waals surface area contributed by atoms with E-state index in [1.54, 1.807) is 0 Å². The van der Waals surface area contributed by atoms with Crippen molar-refractivity contribution in [2.45, 2.75) is 19.1 Å². The van der Waals surface area contributed by atoms with Gasteiger partial charge in [-0.25, -0.2) is 19.3 Å². The van der Waals surface area contributed by atoms with Crippen molar-refractivity contribution >= 4 is 17.6 Å². The van der Waals surface area contributed by atoms with Gasteiger partial charge in [-0.1, -0.05) is 12.1 Å². The molecule has 0 radical (unpaired) electrons. The maximum atomic E-state index is 13.4. The second-order valence-electron chi connectivity index (χ2n) is 7.99.